The van der Waals surface area contributed by atoms with E-state index in [2.05, 4.69) is 19.7 Å². The molecule has 2 heteroatoms. The molecule has 0 aliphatic carbocycles. The van der Waals surface area contributed by atoms with Crippen molar-refractivity contribution in [2.24, 2.45) is 0 Å². The molecule has 0 aromatic carbocycles. The van der Waals surface area contributed by atoms with Gasteiger partial charge in [-0.2, -0.15) is 0 Å². The Hall–Kier alpha value is -0.0831. The van der Waals surface area contributed by atoms with Gasteiger partial charge in [0.25, 0.3) is 0 Å². The molecule has 1 fully saturated rings. The van der Waals surface area contributed by atoms with E-state index in [9.17, 15) is 0 Å². The average Bonchev–Trinajstić information content (AvgIpc) is 1.90. The van der Waals surface area contributed by atoms with E-state index in [1.165, 1.54) is 18.4 Å². The van der Waals surface area contributed by atoms with Gasteiger partial charge < -0.3 is 4.43 Å². The van der Waals surface area contributed by atoms with Gasteiger partial charge in [0.1, 0.15) is 0 Å². The Labute approximate surface area is 64.2 Å². The van der Waals surface area contributed by atoms with Gasteiger partial charge in [-0.1, -0.05) is 5.57 Å². The third-order valence-corrected chi connectivity index (χ3v) is 4.18. The van der Waals surface area contributed by atoms with Gasteiger partial charge in [-0.05, 0) is 32.0 Å². The highest BCUT2D eigenvalue weighted by Crippen LogP contribution is 2.23. The number of hydrogen-bond acceptors (Lipinski definition) is 1. The predicted octanol–water partition coefficient (Wildman–Crippen LogP) is 2.56. The van der Waals surface area contributed by atoms with Gasteiger partial charge in [-0.25, -0.2) is 0 Å². The molecule has 0 N–H and O–H groups in total. The molecule has 1 nitrogen and oxygen atoms in total. The second-order valence-corrected chi connectivity index (χ2v) is 7.80. The van der Waals surface area contributed by atoms with E-state index >= 15 is 0 Å². The van der Waals surface area contributed by atoms with E-state index in [0.717, 1.165) is 12.7 Å². The Morgan fingerprint density at radius 3 is 2.90 bits per heavy atom. The highest BCUT2D eigenvalue weighted by molar-refractivity contribution is 6.71. The molecule has 0 bridgehead atoms. The van der Waals surface area contributed by atoms with Gasteiger partial charge >= 0.3 is 0 Å². The van der Waals surface area contributed by atoms with Crippen LogP contribution >= 0.6 is 0 Å². The molecule has 0 aromatic rings. The second-order valence-electron chi connectivity index (χ2n) is 3.64. The van der Waals surface area contributed by atoms with Crippen LogP contribution in [0, 0.1) is 0 Å². The minimum absolute atomic E-state index is 0.957. The first-order valence-corrected chi connectivity index (χ1v) is 7.02. The van der Waals surface area contributed by atoms with E-state index in [1.54, 1.807) is 0 Å². The molecule has 0 spiro atoms. The van der Waals surface area contributed by atoms with Crippen molar-refractivity contribution >= 4 is 8.32 Å². The van der Waals surface area contributed by atoms with E-state index in [1.807, 2.05) is 0 Å². The normalized spacial score (nSPS) is 26.0. The maximum Gasteiger partial charge on any atom is 0.190 e. The summed E-state index contributed by atoms with van der Waals surface area (Å²) < 4.78 is 5.74. The minimum Gasteiger partial charge on any atom is -0.417 e. The number of rotatable bonds is 0. The summed E-state index contributed by atoms with van der Waals surface area (Å²) in [6, 6.07) is 1.16. The molecular formula is C8H16OSi. The fourth-order valence-electron chi connectivity index (χ4n) is 1.41. The van der Waals surface area contributed by atoms with Crippen LogP contribution in [0.5, 0.6) is 0 Å². The van der Waals surface area contributed by atoms with Crippen molar-refractivity contribution in [2.75, 3.05) is 6.61 Å². The number of allylic oxidation sites excluding steroid dienone is 1. The summed E-state index contributed by atoms with van der Waals surface area (Å²) >= 11 is 0. The molecule has 1 saturated heterocycles. The summed E-state index contributed by atoms with van der Waals surface area (Å²) in [4.78, 5) is 0. The van der Waals surface area contributed by atoms with Crippen molar-refractivity contribution in [3.8, 4) is 0 Å². The van der Waals surface area contributed by atoms with E-state index in [4.69, 9.17) is 4.43 Å². The Morgan fingerprint density at radius 2 is 2.20 bits per heavy atom. The first-order chi connectivity index (χ1) is 4.60. The highest BCUT2D eigenvalue weighted by atomic mass is 28.4. The maximum absolute atomic E-state index is 5.74. The van der Waals surface area contributed by atoms with Gasteiger partial charge in [0, 0.05) is 6.61 Å². The van der Waals surface area contributed by atoms with Crippen LogP contribution in [0.15, 0.2) is 12.2 Å². The lowest BCUT2D eigenvalue weighted by Crippen LogP contribution is -2.29. The Morgan fingerprint density at radius 1 is 1.50 bits per heavy atom. The topological polar surface area (TPSA) is 9.23 Å². The van der Waals surface area contributed by atoms with E-state index in [0.29, 0.717) is 0 Å². The zero-order valence-corrected chi connectivity index (χ0v) is 7.94. The highest BCUT2D eigenvalue weighted by Gasteiger charge is 2.25. The molecule has 10 heavy (non-hydrogen) atoms. The summed E-state index contributed by atoms with van der Waals surface area (Å²) in [5.41, 5.74) is 1.40. The molecule has 0 atom stereocenters. The molecule has 0 amide bonds. The molecule has 0 unspecified atom stereocenters. The van der Waals surface area contributed by atoms with Crippen LogP contribution in [0.25, 0.3) is 0 Å². The maximum atomic E-state index is 5.74. The zero-order chi connectivity index (χ0) is 7.61. The Kier molecular flexibility index (Phi) is 2.31. The summed E-state index contributed by atoms with van der Waals surface area (Å²) in [5.74, 6) is 0. The largest absolute Gasteiger partial charge is 0.417 e. The van der Waals surface area contributed by atoms with Crippen LogP contribution in [0.3, 0.4) is 0 Å². The molecule has 58 valence electrons. The third-order valence-electron chi connectivity index (χ3n) is 1.84. The quantitative estimate of drug-likeness (QED) is 0.387. The Bertz CT molecular complexity index is 140. The molecule has 1 heterocycles. The van der Waals surface area contributed by atoms with E-state index < -0.39 is 8.32 Å². The standard InChI is InChI=1S/C8H16OSi/c1-8-5-4-6-9-10(2,3)7-8/h1,4-7H2,2-3H3. The van der Waals surface area contributed by atoms with Gasteiger partial charge in [0.2, 0.25) is 0 Å². The number of hydrogen-bond donors (Lipinski definition) is 0. The monoisotopic (exact) mass is 156 g/mol. The smallest absolute Gasteiger partial charge is 0.190 e. The molecular weight excluding hydrogens is 140 g/mol. The molecule has 1 rings (SSSR count). The van der Waals surface area contributed by atoms with E-state index in [-0.39, 0.29) is 0 Å². The predicted molar refractivity (Wildman–Crippen MR) is 46.6 cm³/mol. The third kappa shape index (κ3) is 2.27. The lowest BCUT2D eigenvalue weighted by Gasteiger charge is -2.19. The van der Waals surface area contributed by atoms with Crippen molar-refractivity contribution < 1.29 is 4.43 Å². The lowest BCUT2D eigenvalue weighted by atomic mass is 10.2. The first-order valence-electron chi connectivity index (χ1n) is 3.91. The first kappa shape index (κ1) is 8.02. The molecule has 0 saturated carbocycles. The van der Waals surface area contributed by atoms with Crippen molar-refractivity contribution in [1.82, 2.24) is 0 Å². The average molecular weight is 156 g/mol. The fourth-order valence-corrected chi connectivity index (χ4v) is 3.59. The summed E-state index contributed by atoms with van der Waals surface area (Å²) in [7, 11) is -1.30. The van der Waals surface area contributed by atoms with Gasteiger partial charge in [0.15, 0.2) is 8.32 Å². The van der Waals surface area contributed by atoms with Crippen LogP contribution in [0.2, 0.25) is 19.1 Å². The molecule has 0 aromatic heterocycles. The van der Waals surface area contributed by atoms with Crippen molar-refractivity contribution in [3.05, 3.63) is 12.2 Å². The summed E-state index contributed by atoms with van der Waals surface area (Å²) in [5, 5.41) is 0. The van der Waals surface area contributed by atoms with Gasteiger partial charge in [-0.3, -0.25) is 0 Å². The molecule has 1 aliphatic heterocycles. The summed E-state index contributed by atoms with van der Waals surface area (Å²) in [6.45, 7) is 9.52. The van der Waals surface area contributed by atoms with Crippen molar-refractivity contribution in [2.45, 2.75) is 32.0 Å². The Balaban J connectivity index is 2.54. The van der Waals surface area contributed by atoms with Crippen LogP contribution in [0.4, 0.5) is 0 Å². The SMILES string of the molecule is C=C1CCCO[Si](C)(C)C1. The second kappa shape index (κ2) is 2.89. The van der Waals surface area contributed by atoms with Gasteiger partial charge in [0.05, 0.1) is 0 Å². The molecule has 1 aliphatic rings. The zero-order valence-electron chi connectivity index (χ0n) is 6.94. The van der Waals surface area contributed by atoms with Crippen LogP contribution < -0.4 is 0 Å². The minimum atomic E-state index is -1.30. The van der Waals surface area contributed by atoms with Crippen LogP contribution in [-0.4, -0.2) is 14.9 Å². The van der Waals surface area contributed by atoms with Crippen molar-refractivity contribution in [1.29, 1.82) is 0 Å². The lowest BCUT2D eigenvalue weighted by molar-refractivity contribution is 0.311. The molecule has 0 radical (unpaired) electrons. The van der Waals surface area contributed by atoms with Crippen molar-refractivity contribution in [3.63, 3.8) is 0 Å². The van der Waals surface area contributed by atoms with Gasteiger partial charge in [-0.15, -0.1) is 6.58 Å². The van der Waals surface area contributed by atoms with Crippen LogP contribution in [0.1, 0.15) is 12.8 Å². The fraction of sp³-hybridized carbons (Fsp3) is 0.750. The summed E-state index contributed by atoms with van der Waals surface area (Å²) in [6.07, 6.45) is 2.35. The van der Waals surface area contributed by atoms with Crippen LogP contribution in [-0.2, 0) is 4.43 Å².